The summed E-state index contributed by atoms with van der Waals surface area (Å²) in [6, 6.07) is 3.72. The average Bonchev–Trinajstić information content (AvgIpc) is 2.44. The summed E-state index contributed by atoms with van der Waals surface area (Å²) in [5.41, 5.74) is 1.04. The Labute approximate surface area is 154 Å². The van der Waals surface area contributed by atoms with Crippen LogP contribution in [-0.2, 0) is 6.54 Å². The van der Waals surface area contributed by atoms with Gasteiger partial charge in [0.05, 0.1) is 6.54 Å². The van der Waals surface area contributed by atoms with Gasteiger partial charge in [-0.3, -0.25) is 0 Å². The van der Waals surface area contributed by atoms with E-state index in [4.69, 9.17) is 11.6 Å². The molecule has 1 rings (SSSR count). The van der Waals surface area contributed by atoms with Crippen molar-refractivity contribution in [2.75, 3.05) is 19.3 Å². The molecule has 0 unspecified atom stereocenters. The Bertz CT molecular complexity index is 437. The highest BCUT2D eigenvalue weighted by Gasteiger charge is 2.15. The Morgan fingerprint density at radius 2 is 2.10 bits per heavy atom. The lowest BCUT2D eigenvalue weighted by Gasteiger charge is -2.23. The number of nitrogens with zero attached hydrogens (tertiary/aromatic N) is 2. The zero-order valence-electron chi connectivity index (χ0n) is 12.9. The van der Waals surface area contributed by atoms with E-state index in [2.05, 4.69) is 47.6 Å². The predicted molar refractivity (Wildman–Crippen MR) is 105 cm³/mol. The van der Waals surface area contributed by atoms with Crippen LogP contribution in [0.15, 0.2) is 23.3 Å². The molecule has 0 aliphatic heterocycles. The van der Waals surface area contributed by atoms with Crippen molar-refractivity contribution in [1.29, 1.82) is 0 Å². The molecule has 0 spiro atoms. The molecule has 0 atom stereocenters. The number of hydrogen-bond acceptors (Lipinski definition) is 3. The van der Waals surface area contributed by atoms with Gasteiger partial charge in [-0.2, -0.15) is 11.8 Å². The van der Waals surface area contributed by atoms with Gasteiger partial charge in [0, 0.05) is 24.0 Å². The average molecular weight is 443 g/mol. The molecule has 0 aliphatic rings. The van der Waals surface area contributed by atoms with E-state index in [0.29, 0.717) is 11.7 Å². The third kappa shape index (κ3) is 8.73. The Morgan fingerprint density at radius 3 is 2.62 bits per heavy atom. The van der Waals surface area contributed by atoms with Gasteiger partial charge in [-0.15, -0.1) is 24.0 Å². The molecule has 0 saturated carbocycles. The topological polar surface area (TPSA) is 49.3 Å². The van der Waals surface area contributed by atoms with Gasteiger partial charge in [-0.1, -0.05) is 17.7 Å². The van der Waals surface area contributed by atoms with Crippen molar-refractivity contribution in [2.24, 2.45) is 4.99 Å². The molecule has 21 heavy (non-hydrogen) atoms. The van der Waals surface area contributed by atoms with Crippen LogP contribution < -0.4 is 10.6 Å². The highest BCUT2D eigenvalue weighted by molar-refractivity contribution is 14.0. The van der Waals surface area contributed by atoms with E-state index < -0.39 is 0 Å². The predicted octanol–water partition coefficient (Wildman–Crippen LogP) is 3.55. The van der Waals surface area contributed by atoms with Crippen LogP contribution in [0.3, 0.4) is 0 Å². The smallest absolute Gasteiger partial charge is 0.191 e. The van der Waals surface area contributed by atoms with Crippen LogP contribution in [0.4, 0.5) is 0 Å². The quantitative estimate of drug-likeness (QED) is 0.306. The lowest BCUT2D eigenvalue weighted by molar-refractivity contribution is 0.665. The third-order valence-corrected chi connectivity index (χ3v) is 4.26. The van der Waals surface area contributed by atoms with Crippen LogP contribution in [0.1, 0.15) is 26.3 Å². The summed E-state index contributed by atoms with van der Waals surface area (Å²) in [6.07, 6.45) is 3.87. The standard InChI is InChI=1S/C14H23ClN4S.HI/c1-5-16-13(19-10-14(2,3)20-4)18-9-11-6-7-12(15)17-8-11;/h6-8H,5,9-10H2,1-4H3,(H2,16,18,19);1H. The minimum absolute atomic E-state index is 0. The van der Waals surface area contributed by atoms with Crippen molar-refractivity contribution in [3.63, 3.8) is 0 Å². The van der Waals surface area contributed by atoms with E-state index in [1.165, 1.54) is 0 Å². The number of hydrogen-bond donors (Lipinski definition) is 2. The first-order valence-corrected chi connectivity index (χ1v) is 8.25. The molecule has 1 aromatic heterocycles. The molecule has 1 heterocycles. The summed E-state index contributed by atoms with van der Waals surface area (Å²) >= 11 is 7.60. The van der Waals surface area contributed by atoms with E-state index in [1.807, 2.05) is 17.8 Å². The monoisotopic (exact) mass is 442 g/mol. The first-order chi connectivity index (χ1) is 9.46. The van der Waals surface area contributed by atoms with E-state index in [9.17, 15) is 0 Å². The molecule has 0 aliphatic carbocycles. The maximum atomic E-state index is 5.77. The van der Waals surface area contributed by atoms with Crippen molar-refractivity contribution >= 4 is 53.3 Å². The lowest BCUT2D eigenvalue weighted by Crippen LogP contribution is -2.43. The van der Waals surface area contributed by atoms with Crippen LogP contribution in [0.2, 0.25) is 5.15 Å². The fourth-order valence-electron chi connectivity index (χ4n) is 1.38. The fraction of sp³-hybridized carbons (Fsp3) is 0.571. The molecule has 0 fully saturated rings. The minimum atomic E-state index is 0. The maximum Gasteiger partial charge on any atom is 0.191 e. The summed E-state index contributed by atoms with van der Waals surface area (Å²) in [5.74, 6) is 0.824. The second-order valence-electron chi connectivity index (χ2n) is 5.00. The minimum Gasteiger partial charge on any atom is -0.357 e. The summed E-state index contributed by atoms with van der Waals surface area (Å²) in [5, 5.41) is 7.11. The molecule has 2 N–H and O–H groups in total. The Balaban J connectivity index is 0.00000400. The van der Waals surface area contributed by atoms with Gasteiger partial charge >= 0.3 is 0 Å². The highest BCUT2D eigenvalue weighted by atomic mass is 127. The molecule has 0 bridgehead atoms. The van der Waals surface area contributed by atoms with E-state index in [0.717, 1.165) is 24.6 Å². The molecule has 120 valence electrons. The molecule has 0 radical (unpaired) electrons. The van der Waals surface area contributed by atoms with Gasteiger partial charge in [-0.25, -0.2) is 9.98 Å². The number of pyridine rings is 1. The number of aromatic nitrogens is 1. The molecule has 7 heteroatoms. The van der Waals surface area contributed by atoms with Gasteiger partial charge in [0.2, 0.25) is 0 Å². The second kappa shape index (κ2) is 10.5. The van der Waals surface area contributed by atoms with Crippen LogP contribution in [0.5, 0.6) is 0 Å². The van der Waals surface area contributed by atoms with Crippen LogP contribution >= 0.6 is 47.3 Å². The molecular weight excluding hydrogens is 419 g/mol. The van der Waals surface area contributed by atoms with Gasteiger partial charge in [-0.05, 0) is 38.7 Å². The first-order valence-electron chi connectivity index (χ1n) is 6.64. The molecule has 1 aromatic rings. The number of aliphatic imine (C=N–C) groups is 1. The van der Waals surface area contributed by atoms with Gasteiger partial charge in [0.15, 0.2) is 5.96 Å². The van der Waals surface area contributed by atoms with Gasteiger partial charge in [0.1, 0.15) is 5.15 Å². The van der Waals surface area contributed by atoms with E-state index in [1.54, 1.807) is 12.3 Å². The second-order valence-corrected chi connectivity index (χ2v) is 6.90. The maximum absolute atomic E-state index is 5.77. The number of halogens is 2. The lowest BCUT2D eigenvalue weighted by atomic mass is 10.2. The van der Waals surface area contributed by atoms with Crippen molar-refractivity contribution in [3.8, 4) is 0 Å². The zero-order valence-corrected chi connectivity index (χ0v) is 16.8. The Kier molecular flexibility index (Phi) is 10.4. The fourth-order valence-corrected chi connectivity index (χ4v) is 1.71. The summed E-state index contributed by atoms with van der Waals surface area (Å²) in [6.45, 7) is 8.75. The number of thioether (sulfide) groups is 1. The number of nitrogens with one attached hydrogen (secondary N) is 2. The third-order valence-electron chi connectivity index (χ3n) is 2.79. The first kappa shape index (κ1) is 20.8. The SMILES string of the molecule is CCNC(=NCc1ccc(Cl)nc1)NCC(C)(C)SC.I. The molecule has 0 amide bonds. The molecule has 0 aromatic carbocycles. The summed E-state index contributed by atoms with van der Waals surface area (Å²) < 4.78 is 0.179. The largest absolute Gasteiger partial charge is 0.357 e. The van der Waals surface area contributed by atoms with Crippen molar-refractivity contribution < 1.29 is 0 Å². The van der Waals surface area contributed by atoms with E-state index >= 15 is 0 Å². The molecule has 0 saturated heterocycles. The summed E-state index contributed by atoms with van der Waals surface area (Å²) in [7, 11) is 0. The Morgan fingerprint density at radius 1 is 1.38 bits per heavy atom. The van der Waals surface area contributed by atoms with Crippen molar-refractivity contribution in [2.45, 2.75) is 32.1 Å². The zero-order chi connectivity index (χ0) is 15.0. The van der Waals surface area contributed by atoms with Gasteiger partial charge < -0.3 is 10.6 Å². The summed E-state index contributed by atoms with van der Waals surface area (Å²) in [4.78, 5) is 8.61. The number of guanidine groups is 1. The van der Waals surface area contributed by atoms with Crippen LogP contribution in [0, 0.1) is 0 Å². The number of rotatable bonds is 6. The van der Waals surface area contributed by atoms with E-state index in [-0.39, 0.29) is 28.7 Å². The van der Waals surface area contributed by atoms with Crippen LogP contribution in [-0.4, -0.2) is 35.0 Å². The highest BCUT2D eigenvalue weighted by Crippen LogP contribution is 2.19. The molecule has 4 nitrogen and oxygen atoms in total. The van der Waals surface area contributed by atoms with Gasteiger partial charge in [0.25, 0.3) is 0 Å². The normalized spacial score (nSPS) is 11.8. The van der Waals surface area contributed by atoms with Crippen molar-refractivity contribution in [3.05, 3.63) is 29.0 Å². The van der Waals surface area contributed by atoms with Crippen molar-refractivity contribution in [1.82, 2.24) is 15.6 Å². The van der Waals surface area contributed by atoms with Crippen LogP contribution in [0.25, 0.3) is 0 Å². The Hall–Kier alpha value is -0.210. The molecular formula is C14H24ClIN4S.